The molecule has 1 aromatic rings. The molecule has 0 bridgehead atoms. The molecule has 1 amide bonds. The number of aromatic nitrogens is 1. The van der Waals surface area contributed by atoms with E-state index in [1.165, 1.54) is 0 Å². The number of nitrogens with zero attached hydrogens (tertiary/aromatic N) is 2. The second kappa shape index (κ2) is 3.90. The van der Waals surface area contributed by atoms with E-state index in [0.717, 1.165) is 0 Å². The van der Waals surface area contributed by atoms with Crippen LogP contribution in [-0.2, 0) is 4.74 Å². The van der Waals surface area contributed by atoms with Gasteiger partial charge in [0.2, 0.25) is 0 Å². The van der Waals surface area contributed by atoms with E-state index in [-0.39, 0.29) is 12.2 Å². The fraction of sp³-hybridized carbons (Fsp3) is 0.556. The highest BCUT2D eigenvalue weighted by atomic mass is 16.6. The molecule has 6 nitrogen and oxygen atoms in total. The van der Waals surface area contributed by atoms with Crippen LogP contribution in [-0.4, -0.2) is 35.8 Å². The summed E-state index contributed by atoms with van der Waals surface area (Å²) in [5.74, 6) is 0.707. The van der Waals surface area contributed by atoms with Crippen molar-refractivity contribution in [3.05, 3.63) is 17.5 Å². The number of amides is 1. The topological polar surface area (TPSA) is 81.6 Å². The predicted octanol–water partition coefficient (Wildman–Crippen LogP) is 0.435. The van der Waals surface area contributed by atoms with E-state index in [1.807, 2.05) is 0 Å². The first-order valence-electron chi connectivity index (χ1n) is 4.79. The quantitative estimate of drug-likeness (QED) is 0.784. The van der Waals surface area contributed by atoms with Crippen molar-refractivity contribution in [1.82, 2.24) is 10.1 Å². The molecular formula is C9H13N3O3. The molecule has 82 valence electrons. The zero-order valence-electron chi connectivity index (χ0n) is 8.47. The molecule has 2 N–H and O–H groups in total. The number of carbonyl (C=O) groups is 1. The normalized spacial score (nSPS) is 20.8. The Morgan fingerprint density at radius 3 is 3.13 bits per heavy atom. The summed E-state index contributed by atoms with van der Waals surface area (Å²) in [5.41, 5.74) is 6.03. The Kier molecular flexibility index (Phi) is 2.59. The van der Waals surface area contributed by atoms with Crippen LogP contribution in [0.2, 0.25) is 0 Å². The van der Waals surface area contributed by atoms with Gasteiger partial charge in [0.05, 0.1) is 6.54 Å². The van der Waals surface area contributed by atoms with Gasteiger partial charge in [0, 0.05) is 19.2 Å². The zero-order valence-corrected chi connectivity index (χ0v) is 8.47. The van der Waals surface area contributed by atoms with Crippen LogP contribution in [0.3, 0.4) is 0 Å². The number of rotatable bonds is 3. The van der Waals surface area contributed by atoms with Crippen LogP contribution in [0.1, 0.15) is 17.6 Å². The highest BCUT2D eigenvalue weighted by Crippen LogP contribution is 2.25. The van der Waals surface area contributed by atoms with Gasteiger partial charge in [-0.2, -0.15) is 0 Å². The number of carbonyl (C=O) groups excluding carboxylic acids is 1. The Morgan fingerprint density at radius 2 is 2.53 bits per heavy atom. The Hall–Kier alpha value is -1.56. The average Bonchev–Trinajstić information content (AvgIpc) is 2.75. The second-order valence-corrected chi connectivity index (χ2v) is 3.47. The maximum Gasteiger partial charge on any atom is 0.410 e. The average molecular weight is 211 g/mol. The largest absolute Gasteiger partial charge is 0.438 e. The molecule has 1 aliphatic heterocycles. The van der Waals surface area contributed by atoms with Crippen LogP contribution in [0, 0.1) is 6.92 Å². The molecule has 0 aromatic carbocycles. The Bertz CT molecular complexity index is 363. The molecule has 1 aromatic heterocycles. The summed E-state index contributed by atoms with van der Waals surface area (Å²) in [7, 11) is 0. The van der Waals surface area contributed by atoms with E-state index in [4.69, 9.17) is 15.0 Å². The third kappa shape index (κ3) is 1.94. The van der Waals surface area contributed by atoms with Gasteiger partial charge in [-0.3, -0.25) is 0 Å². The summed E-state index contributed by atoms with van der Waals surface area (Å²) in [6.07, 6.45) is -0.674. The molecular weight excluding hydrogens is 198 g/mol. The van der Waals surface area contributed by atoms with E-state index < -0.39 is 0 Å². The number of ether oxygens (including phenoxy) is 1. The molecule has 6 heteroatoms. The Balaban J connectivity index is 2.05. The van der Waals surface area contributed by atoms with Crippen molar-refractivity contribution in [3.8, 4) is 0 Å². The minimum absolute atomic E-state index is 0.332. The molecule has 1 saturated heterocycles. The number of aryl methyl sites for hydroxylation is 1. The van der Waals surface area contributed by atoms with Crippen molar-refractivity contribution in [1.29, 1.82) is 0 Å². The SMILES string of the molecule is Cc1cc(C2CN(CCN)C(=O)O2)no1. The molecule has 2 rings (SSSR count). The van der Waals surface area contributed by atoms with Crippen LogP contribution in [0.5, 0.6) is 0 Å². The van der Waals surface area contributed by atoms with E-state index >= 15 is 0 Å². The molecule has 1 unspecified atom stereocenters. The van der Waals surface area contributed by atoms with E-state index in [1.54, 1.807) is 17.9 Å². The number of hydrogen-bond acceptors (Lipinski definition) is 5. The van der Waals surface area contributed by atoms with Crippen LogP contribution in [0.25, 0.3) is 0 Å². The van der Waals surface area contributed by atoms with Gasteiger partial charge in [-0.1, -0.05) is 5.16 Å². The predicted molar refractivity (Wildman–Crippen MR) is 51.1 cm³/mol. The lowest BCUT2D eigenvalue weighted by Crippen LogP contribution is -2.30. The van der Waals surface area contributed by atoms with Gasteiger partial charge in [-0.25, -0.2) is 4.79 Å². The summed E-state index contributed by atoms with van der Waals surface area (Å²) in [5, 5.41) is 3.82. The first-order chi connectivity index (χ1) is 7.20. The minimum atomic E-state index is -0.342. The number of cyclic esters (lactones) is 1. The van der Waals surface area contributed by atoms with Crippen molar-refractivity contribution in [2.45, 2.75) is 13.0 Å². The molecule has 0 aliphatic carbocycles. The summed E-state index contributed by atoms with van der Waals surface area (Å²) >= 11 is 0. The van der Waals surface area contributed by atoms with Crippen LogP contribution in [0.4, 0.5) is 4.79 Å². The van der Waals surface area contributed by atoms with Crippen molar-refractivity contribution in [2.24, 2.45) is 5.73 Å². The summed E-state index contributed by atoms with van der Waals surface area (Å²) < 4.78 is 10.1. The minimum Gasteiger partial charge on any atom is -0.438 e. The van der Waals surface area contributed by atoms with Crippen LogP contribution in [0.15, 0.2) is 10.6 Å². The monoisotopic (exact) mass is 211 g/mol. The molecule has 1 aliphatic rings. The lowest BCUT2D eigenvalue weighted by atomic mass is 10.2. The molecule has 1 fully saturated rings. The number of nitrogens with two attached hydrogens (primary N) is 1. The van der Waals surface area contributed by atoms with Crippen molar-refractivity contribution in [3.63, 3.8) is 0 Å². The van der Waals surface area contributed by atoms with Gasteiger partial charge in [0.25, 0.3) is 0 Å². The first kappa shape index (κ1) is 9.97. The highest BCUT2D eigenvalue weighted by molar-refractivity contribution is 5.70. The van der Waals surface area contributed by atoms with E-state index in [2.05, 4.69) is 5.16 Å². The molecule has 2 heterocycles. The third-order valence-corrected chi connectivity index (χ3v) is 2.26. The molecule has 0 spiro atoms. The maximum atomic E-state index is 11.3. The first-order valence-corrected chi connectivity index (χ1v) is 4.79. The summed E-state index contributed by atoms with van der Waals surface area (Å²) in [6.45, 7) is 3.22. The Morgan fingerprint density at radius 1 is 1.73 bits per heavy atom. The van der Waals surface area contributed by atoms with E-state index in [9.17, 15) is 4.79 Å². The fourth-order valence-electron chi connectivity index (χ4n) is 1.54. The molecule has 15 heavy (non-hydrogen) atoms. The molecule has 0 radical (unpaired) electrons. The zero-order chi connectivity index (χ0) is 10.8. The van der Waals surface area contributed by atoms with E-state index in [0.29, 0.717) is 31.1 Å². The smallest absolute Gasteiger partial charge is 0.410 e. The van der Waals surface area contributed by atoms with Crippen LogP contribution < -0.4 is 5.73 Å². The third-order valence-electron chi connectivity index (χ3n) is 2.26. The summed E-state index contributed by atoms with van der Waals surface area (Å²) in [4.78, 5) is 12.9. The lowest BCUT2D eigenvalue weighted by molar-refractivity contribution is 0.130. The highest BCUT2D eigenvalue weighted by Gasteiger charge is 2.33. The molecule has 0 saturated carbocycles. The standard InChI is InChI=1S/C9H13N3O3/c1-6-4-7(11-15-6)8-5-12(3-2-10)9(13)14-8/h4,8H,2-3,5,10H2,1H3. The van der Waals surface area contributed by atoms with Crippen LogP contribution >= 0.6 is 0 Å². The fourth-order valence-corrected chi connectivity index (χ4v) is 1.54. The van der Waals surface area contributed by atoms with Gasteiger partial charge in [-0.05, 0) is 6.92 Å². The van der Waals surface area contributed by atoms with Gasteiger partial charge in [0.1, 0.15) is 11.5 Å². The summed E-state index contributed by atoms with van der Waals surface area (Å²) in [6, 6.07) is 1.77. The Labute approximate surface area is 87.0 Å². The van der Waals surface area contributed by atoms with Crippen molar-refractivity contribution >= 4 is 6.09 Å². The van der Waals surface area contributed by atoms with Gasteiger partial charge < -0.3 is 19.9 Å². The van der Waals surface area contributed by atoms with Gasteiger partial charge in [-0.15, -0.1) is 0 Å². The molecule has 1 atom stereocenters. The second-order valence-electron chi connectivity index (χ2n) is 3.47. The van der Waals surface area contributed by atoms with Gasteiger partial charge in [0.15, 0.2) is 6.10 Å². The maximum absolute atomic E-state index is 11.3. The van der Waals surface area contributed by atoms with Crippen molar-refractivity contribution < 1.29 is 14.1 Å². The van der Waals surface area contributed by atoms with Crippen molar-refractivity contribution in [2.75, 3.05) is 19.6 Å². The number of hydrogen-bond donors (Lipinski definition) is 1. The lowest BCUT2D eigenvalue weighted by Gasteiger charge is -2.09. The van der Waals surface area contributed by atoms with Gasteiger partial charge >= 0.3 is 6.09 Å².